The summed E-state index contributed by atoms with van der Waals surface area (Å²) < 4.78 is 5.46. The van der Waals surface area contributed by atoms with Gasteiger partial charge in [-0.05, 0) is 57.6 Å². The van der Waals surface area contributed by atoms with Gasteiger partial charge in [-0.1, -0.05) is 31.7 Å². The summed E-state index contributed by atoms with van der Waals surface area (Å²) in [6.45, 7) is 5.98. The average Bonchev–Trinajstić information content (AvgIpc) is 2.77. The number of carboxylic acids is 1. The normalized spacial score (nSPS) is 21.9. The molecule has 32 heavy (non-hydrogen) atoms. The molecule has 0 spiro atoms. The Morgan fingerprint density at radius 3 is 2.66 bits per heavy atom. The van der Waals surface area contributed by atoms with Gasteiger partial charge in [0.05, 0.1) is 25.3 Å². The minimum atomic E-state index is -1.05. The quantitative estimate of drug-likeness (QED) is 0.354. The molecule has 1 aromatic heterocycles. The Labute approximate surface area is 191 Å². The van der Waals surface area contributed by atoms with E-state index in [0.717, 1.165) is 63.0 Å². The molecule has 2 aliphatic rings. The number of carbonyl (C=O) groups excluding carboxylic acids is 1. The first kappa shape index (κ1) is 24.5. The molecule has 0 saturated carbocycles. The van der Waals surface area contributed by atoms with E-state index < -0.39 is 17.8 Å². The van der Waals surface area contributed by atoms with Crippen molar-refractivity contribution in [3.05, 3.63) is 23.4 Å². The molecule has 3 atom stereocenters. The van der Waals surface area contributed by atoms with Crippen LogP contribution < -0.4 is 10.7 Å². The smallest absolute Gasteiger partial charge is 0.316 e. The van der Waals surface area contributed by atoms with Crippen LogP contribution in [0.1, 0.15) is 70.1 Å². The molecule has 3 N–H and O–H groups in total. The molecule has 0 bridgehead atoms. The first-order chi connectivity index (χ1) is 15.5. The minimum Gasteiger partial charge on any atom is -0.481 e. The Balaban J connectivity index is 1.33. The van der Waals surface area contributed by atoms with E-state index in [9.17, 15) is 14.7 Å². The number of unbranched alkanes of at least 4 members (excludes halogenated alkanes) is 4. The van der Waals surface area contributed by atoms with E-state index in [1.54, 1.807) is 0 Å². The number of nitrogens with one attached hydrogen (secondary N) is 2. The summed E-state index contributed by atoms with van der Waals surface area (Å²) in [7, 11) is 0. The van der Waals surface area contributed by atoms with Gasteiger partial charge in [0.2, 0.25) is 5.91 Å². The van der Waals surface area contributed by atoms with E-state index in [1.807, 2.05) is 18.9 Å². The molecule has 1 amide bonds. The van der Waals surface area contributed by atoms with Crippen LogP contribution in [0.2, 0.25) is 0 Å². The van der Waals surface area contributed by atoms with Crippen LogP contribution in [0.4, 0.5) is 5.82 Å². The molecule has 0 aliphatic carbocycles. The number of hydrazine groups is 1. The molecule has 3 heterocycles. The Morgan fingerprint density at radius 2 is 1.91 bits per heavy atom. The molecule has 1 saturated heterocycles. The number of aromatic nitrogens is 1. The molecule has 178 valence electrons. The Bertz CT molecular complexity index is 762. The molecular weight excluding hydrogens is 408 g/mol. The van der Waals surface area contributed by atoms with Crippen molar-refractivity contribution in [2.45, 2.75) is 83.7 Å². The van der Waals surface area contributed by atoms with Gasteiger partial charge in [0.15, 0.2) is 0 Å². The number of pyridine rings is 1. The zero-order chi connectivity index (χ0) is 22.9. The average molecular weight is 447 g/mol. The largest absolute Gasteiger partial charge is 0.481 e. The van der Waals surface area contributed by atoms with E-state index in [1.165, 1.54) is 12.0 Å². The fourth-order valence-electron chi connectivity index (χ4n) is 4.49. The third-order valence-corrected chi connectivity index (χ3v) is 6.40. The zero-order valence-electron chi connectivity index (χ0n) is 19.4. The number of morpholine rings is 1. The highest BCUT2D eigenvalue weighted by Crippen LogP contribution is 2.21. The topological polar surface area (TPSA) is 104 Å². The van der Waals surface area contributed by atoms with Crippen molar-refractivity contribution < 1.29 is 19.4 Å². The Kier molecular flexibility index (Phi) is 9.29. The van der Waals surface area contributed by atoms with Crippen molar-refractivity contribution in [1.82, 2.24) is 15.4 Å². The number of carboxylic acid groups (broad SMARTS) is 1. The van der Waals surface area contributed by atoms with E-state index in [-0.39, 0.29) is 12.1 Å². The summed E-state index contributed by atoms with van der Waals surface area (Å²) in [5, 5.41) is 14.7. The summed E-state index contributed by atoms with van der Waals surface area (Å²) >= 11 is 0. The highest BCUT2D eigenvalue weighted by atomic mass is 16.5. The van der Waals surface area contributed by atoms with Crippen LogP contribution in [0, 0.1) is 5.92 Å². The van der Waals surface area contributed by atoms with Gasteiger partial charge in [-0.15, -0.1) is 0 Å². The second kappa shape index (κ2) is 12.2. The summed E-state index contributed by atoms with van der Waals surface area (Å²) in [4.78, 5) is 29.0. The first-order valence-electron chi connectivity index (χ1n) is 12.1. The number of amides is 1. The maximum absolute atomic E-state index is 12.6. The maximum Gasteiger partial charge on any atom is 0.316 e. The van der Waals surface area contributed by atoms with E-state index in [2.05, 4.69) is 22.9 Å². The second-order valence-corrected chi connectivity index (χ2v) is 9.16. The van der Waals surface area contributed by atoms with E-state index in [4.69, 9.17) is 9.72 Å². The molecule has 0 unspecified atom stereocenters. The maximum atomic E-state index is 12.6. The molecular formula is C24H38N4O4. The van der Waals surface area contributed by atoms with Gasteiger partial charge in [0.25, 0.3) is 0 Å². The van der Waals surface area contributed by atoms with E-state index >= 15 is 0 Å². The highest BCUT2D eigenvalue weighted by Gasteiger charge is 2.32. The lowest BCUT2D eigenvalue weighted by Crippen LogP contribution is -2.59. The predicted octanol–water partition coefficient (Wildman–Crippen LogP) is 3.16. The summed E-state index contributed by atoms with van der Waals surface area (Å²) in [6, 6.07) is 4.38. The molecule has 8 nitrogen and oxygen atoms in total. The van der Waals surface area contributed by atoms with Crippen molar-refractivity contribution in [3.8, 4) is 0 Å². The molecule has 0 radical (unpaired) electrons. The number of hydrogen-bond donors (Lipinski definition) is 3. The number of ether oxygens (including phenoxy) is 1. The molecule has 0 aromatic carbocycles. The Morgan fingerprint density at radius 1 is 1.19 bits per heavy atom. The first-order valence-corrected chi connectivity index (χ1v) is 12.1. The Hall–Kier alpha value is -2.19. The predicted molar refractivity (Wildman–Crippen MR) is 123 cm³/mol. The number of nitrogens with zero attached hydrogens (tertiary/aromatic N) is 2. The van der Waals surface area contributed by atoms with Gasteiger partial charge in [-0.25, -0.2) is 9.99 Å². The number of carbonyl (C=O) groups is 2. The van der Waals surface area contributed by atoms with Crippen LogP contribution in [-0.2, 0) is 27.2 Å². The number of hydrogen-bond acceptors (Lipinski definition) is 6. The van der Waals surface area contributed by atoms with Crippen molar-refractivity contribution >= 4 is 17.7 Å². The minimum absolute atomic E-state index is 0.0255. The lowest BCUT2D eigenvalue weighted by Gasteiger charge is -2.38. The van der Waals surface area contributed by atoms with Crippen molar-refractivity contribution in [1.29, 1.82) is 0 Å². The van der Waals surface area contributed by atoms with Crippen LogP contribution in [0.5, 0.6) is 0 Å². The second-order valence-electron chi connectivity index (χ2n) is 9.16. The highest BCUT2D eigenvalue weighted by molar-refractivity contribution is 5.96. The van der Waals surface area contributed by atoms with Crippen LogP contribution in [-0.4, -0.2) is 58.8 Å². The fraction of sp³-hybridized carbons (Fsp3) is 0.708. The van der Waals surface area contributed by atoms with Gasteiger partial charge in [-0.2, -0.15) is 0 Å². The molecule has 2 aliphatic heterocycles. The van der Waals surface area contributed by atoms with Crippen LogP contribution in [0.25, 0.3) is 0 Å². The summed E-state index contributed by atoms with van der Waals surface area (Å²) in [5.74, 6) is -1.44. The summed E-state index contributed by atoms with van der Waals surface area (Å²) in [6.07, 6.45) is 8.46. The number of rotatable bonds is 11. The number of fused-ring (bicyclic) bond motifs is 1. The van der Waals surface area contributed by atoms with Gasteiger partial charge in [0, 0.05) is 12.2 Å². The van der Waals surface area contributed by atoms with Crippen molar-refractivity contribution in [2.24, 2.45) is 5.92 Å². The van der Waals surface area contributed by atoms with Gasteiger partial charge in [0.1, 0.15) is 11.7 Å². The van der Waals surface area contributed by atoms with Gasteiger partial charge < -0.3 is 15.2 Å². The van der Waals surface area contributed by atoms with Gasteiger partial charge in [-0.3, -0.25) is 15.0 Å². The number of aliphatic carboxylic acids is 1. The third kappa shape index (κ3) is 6.90. The van der Waals surface area contributed by atoms with Gasteiger partial charge >= 0.3 is 5.97 Å². The van der Waals surface area contributed by atoms with Crippen molar-refractivity contribution in [3.63, 3.8) is 0 Å². The summed E-state index contributed by atoms with van der Waals surface area (Å²) in [5.41, 5.74) is 5.27. The van der Waals surface area contributed by atoms with Crippen LogP contribution in [0.15, 0.2) is 12.1 Å². The number of aryl methyl sites for hydroxylation is 2. The lowest BCUT2D eigenvalue weighted by molar-refractivity contribution is -0.152. The van der Waals surface area contributed by atoms with E-state index in [0.29, 0.717) is 19.6 Å². The third-order valence-electron chi connectivity index (χ3n) is 6.40. The molecule has 1 fully saturated rings. The standard InChI is InChI=1S/C24H38N4O4/c1-17-15-32-16-18(2)28(17)27-23(29)21(24(30)31)11-7-5-3-4-6-10-20-13-12-19-9-8-14-25-22(19)26-20/h12-13,17-18,21H,3-11,14-16H2,1-2H3,(H,25,26)(H,27,29)(H,30,31)/t17-,18-,21+/m1/s1. The zero-order valence-corrected chi connectivity index (χ0v) is 19.4. The molecule has 8 heteroatoms. The lowest BCUT2D eigenvalue weighted by atomic mass is 9.99. The van der Waals surface area contributed by atoms with Crippen molar-refractivity contribution in [2.75, 3.05) is 25.1 Å². The SMILES string of the molecule is C[C@@H]1COC[C@@H](C)N1NC(=O)[C@H](CCCCCCCc1ccc2c(n1)NCCC2)C(=O)O. The van der Waals surface area contributed by atoms with Crippen LogP contribution >= 0.6 is 0 Å². The fourth-order valence-corrected chi connectivity index (χ4v) is 4.49. The monoisotopic (exact) mass is 446 g/mol. The van der Waals surface area contributed by atoms with Crippen LogP contribution in [0.3, 0.4) is 0 Å². The number of anilines is 1. The molecule has 1 aromatic rings. The molecule has 3 rings (SSSR count).